The van der Waals surface area contributed by atoms with E-state index in [1.54, 1.807) is 12.4 Å². The van der Waals surface area contributed by atoms with Crippen LogP contribution in [-0.4, -0.2) is 16.2 Å². The monoisotopic (exact) mass is 285 g/mol. The van der Waals surface area contributed by atoms with Gasteiger partial charge in [0.2, 0.25) is 0 Å². The fourth-order valence-electron chi connectivity index (χ4n) is 2.30. The molecule has 0 amide bonds. The van der Waals surface area contributed by atoms with Gasteiger partial charge in [-0.25, -0.2) is 0 Å². The van der Waals surface area contributed by atoms with Gasteiger partial charge in [0.05, 0.1) is 18.4 Å². The summed E-state index contributed by atoms with van der Waals surface area (Å²) in [6, 6.07) is 10.1. The molecule has 21 heavy (non-hydrogen) atoms. The fraction of sp³-hybridized carbons (Fsp3) is 0.389. The van der Waals surface area contributed by atoms with E-state index in [2.05, 4.69) is 24.0 Å². The van der Waals surface area contributed by atoms with E-state index in [-0.39, 0.29) is 6.10 Å². The van der Waals surface area contributed by atoms with E-state index in [0.717, 1.165) is 12.0 Å². The van der Waals surface area contributed by atoms with E-state index >= 15 is 0 Å². The minimum absolute atomic E-state index is 0.103. The molecule has 0 saturated carbocycles. The lowest BCUT2D eigenvalue weighted by Crippen LogP contribution is -2.07. The number of hydrogen-bond donors (Lipinski definition) is 1. The zero-order valence-electron chi connectivity index (χ0n) is 12.9. The molecule has 1 aromatic heterocycles. The number of hydrogen-bond acceptors (Lipinski definition) is 3. The van der Waals surface area contributed by atoms with Crippen molar-refractivity contribution in [3.05, 3.63) is 59.4 Å². The Balaban J connectivity index is 2.00. The van der Waals surface area contributed by atoms with Crippen molar-refractivity contribution in [1.82, 2.24) is 4.98 Å². The highest BCUT2D eigenvalue weighted by molar-refractivity contribution is 5.27. The molecule has 2 aromatic rings. The second-order valence-corrected chi connectivity index (χ2v) is 5.60. The Morgan fingerprint density at radius 2 is 1.95 bits per heavy atom. The highest BCUT2D eigenvalue weighted by atomic mass is 16.5. The number of nitrogens with zero attached hydrogens (tertiary/aromatic N) is 1. The maximum Gasteiger partial charge on any atom is 0.138 e. The van der Waals surface area contributed by atoms with E-state index in [0.29, 0.717) is 12.2 Å². The van der Waals surface area contributed by atoms with Crippen molar-refractivity contribution in [2.24, 2.45) is 0 Å². The molecule has 0 bridgehead atoms. The van der Waals surface area contributed by atoms with Crippen molar-refractivity contribution in [2.45, 2.75) is 45.8 Å². The third-order valence-electron chi connectivity index (χ3n) is 3.44. The van der Waals surface area contributed by atoms with Gasteiger partial charge in [0.1, 0.15) is 5.75 Å². The van der Waals surface area contributed by atoms with Gasteiger partial charge in [0, 0.05) is 11.8 Å². The van der Waals surface area contributed by atoms with Gasteiger partial charge in [-0.15, -0.1) is 0 Å². The Morgan fingerprint density at radius 3 is 2.67 bits per heavy atom. The van der Waals surface area contributed by atoms with Crippen molar-refractivity contribution in [3.63, 3.8) is 0 Å². The molecule has 1 N–H and O–H groups in total. The van der Waals surface area contributed by atoms with Crippen LogP contribution in [0.3, 0.4) is 0 Å². The number of aromatic nitrogens is 1. The summed E-state index contributed by atoms with van der Waals surface area (Å²) in [5.41, 5.74) is 3.35. The van der Waals surface area contributed by atoms with E-state index in [9.17, 15) is 5.11 Å². The van der Waals surface area contributed by atoms with E-state index in [1.165, 1.54) is 11.1 Å². The first-order valence-corrected chi connectivity index (χ1v) is 7.40. The summed E-state index contributed by atoms with van der Waals surface area (Å²) in [5.74, 6) is 0.706. The van der Waals surface area contributed by atoms with Crippen LogP contribution in [0.15, 0.2) is 42.7 Å². The molecule has 112 valence electrons. The molecule has 0 spiro atoms. The second-order valence-electron chi connectivity index (χ2n) is 5.60. The number of aryl methyl sites for hydroxylation is 2. The molecular weight excluding hydrogens is 262 g/mol. The number of pyridine rings is 1. The zero-order valence-corrected chi connectivity index (χ0v) is 12.9. The molecule has 1 atom stereocenters. The van der Waals surface area contributed by atoms with Crippen LogP contribution in [0.25, 0.3) is 0 Å². The first kappa shape index (κ1) is 15.5. The van der Waals surface area contributed by atoms with Gasteiger partial charge in [-0.05, 0) is 50.8 Å². The maximum atomic E-state index is 10.3. The molecule has 0 aliphatic rings. The van der Waals surface area contributed by atoms with Gasteiger partial charge < -0.3 is 9.84 Å². The Bertz CT molecular complexity index is 581. The lowest BCUT2D eigenvalue weighted by Gasteiger charge is -2.14. The number of ether oxygens (including phenoxy) is 1. The highest BCUT2D eigenvalue weighted by Crippen LogP contribution is 2.23. The van der Waals surface area contributed by atoms with Crippen molar-refractivity contribution >= 4 is 0 Å². The standard InChI is InChI=1S/C18H23NO2/c1-13(2)21-17-10-16(11-19-12-17)18(20)9-8-15-7-5-4-6-14(15)3/h4-7,10-13,18,20H,8-9H2,1-3H3. The van der Waals surface area contributed by atoms with Crippen molar-refractivity contribution in [1.29, 1.82) is 0 Å². The van der Waals surface area contributed by atoms with Gasteiger partial charge >= 0.3 is 0 Å². The van der Waals surface area contributed by atoms with Crippen LogP contribution < -0.4 is 4.74 Å². The Labute approximate surface area is 126 Å². The van der Waals surface area contributed by atoms with E-state index in [1.807, 2.05) is 32.0 Å². The summed E-state index contributed by atoms with van der Waals surface area (Å²) < 4.78 is 5.61. The fourth-order valence-corrected chi connectivity index (χ4v) is 2.30. The molecule has 0 aliphatic carbocycles. The maximum absolute atomic E-state index is 10.3. The topological polar surface area (TPSA) is 42.4 Å². The zero-order chi connectivity index (χ0) is 15.2. The minimum Gasteiger partial charge on any atom is -0.489 e. The molecule has 0 radical (unpaired) electrons. The Morgan fingerprint density at radius 1 is 1.19 bits per heavy atom. The van der Waals surface area contributed by atoms with Crippen molar-refractivity contribution < 1.29 is 9.84 Å². The predicted molar refractivity (Wildman–Crippen MR) is 84.5 cm³/mol. The molecule has 1 unspecified atom stereocenters. The largest absolute Gasteiger partial charge is 0.489 e. The third kappa shape index (κ3) is 4.57. The molecule has 1 heterocycles. The molecule has 3 heteroatoms. The van der Waals surface area contributed by atoms with Gasteiger partial charge in [-0.2, -0.15) is 0 Å². The Hall–Kier alpha value is -1.87. The lowest BCUT2D eigenvalue weighted by atomic mass is 9.99. The van der Waals surface area contributed by atoms with Gasteiger partial charge in [0.25, 0.3) is 0 Å². The van der Waals surface area contributed by atoms with Crippen LogP contribution in [0.4, 0.5) is 0 Å². The van der Waals surface area contributed by atoms with Crippen LogP contribution >= 0.6 is 0 Å². The molecule has 0 fully saturated rings. The highest BCUT2D eigenvalue weighted by Gasteiger charge is 2.10. The Kier molecular flexibility index (Phi) is 5.34. The van der Waals surface area contributed by atoms with E-state index < -0.39 is 6.10 Å². The molecular formula is C18H23NO2. The summed E-state index contributed by atoms with van der Waals surface area (Å²) in [4.78, 5) is 4.15. The first-order chi connectivity index (χ1) is 10.1. The van der Waals surface area contributed by atoms with Crippen molar-refractivity contribution in [3.8, 4) is 5.75 Å². The van der Waals surface area contributed by atoms with Crippen LogP contribution in [0.2, 0.25) is 0 Å². The van der Waals surface area contributed by atoms with Crippen LogP contribution in [0.1, 0.15) is 43.1 Å². The smallest absolute Gasteiger partial charge is 0.138 e. The minimum atomic E-state index is -0.521. The van der Waals surface area contributed by atoms with Gasteiger partial charge in [-0.1, -0.05) is 24.3 Å². The summed E-state index contributed by atoms with van der Waals surface area (Å²) in [6.07, 6.45) is 4.49. The second kappa shape index (κ2) is 7.23. The normalized spacial score (nSPS) is 12.4. The number of rotatable bonds is 6. The van der Waals surface area contributed by atoms with Crippen molar-refractivity contribution in [2.75, 3.05) is 0 Å². The molecule has 0 aliphatic heterocycles. The predicted octanol–water partition coefficient (Wildman–Crippen LogP) is 3.84. The molecule has 3 nitrogen and oxygen atoms in total. The summed E-state index contributed by atoms with van der Waals surface area (Å²) in [6.45, 7) is 6.04. The molecule has 1 aromatic carbocycles. The van der Waals surface area contributed by atoms with Gasteiger partial charge in [-0.3, -0.25) is 4.98 Å². The SMILES string of the molecule is Cc1ccccc1CCC(O)c1cncc(OC(C)C)c1. The number of benzene rings is 1. The number of aliphatic hydroxyl groups excluding tert-OH is 1. The summed E-state index contributed by atoms with van der Waals surface area (Å²) in [7, 11) is 0. The summed E-state index contributed by atoms with van der Waals surface area (Å²) in [5, 5.41) is 10.3. The molecule has 2 rings (SSSR count). The van der Waals surface area contributed by atoms with Crippen LogP contribution in [0, 0.1) is 6.92 Å². The first-order valence-electron chi connectivity index (χ1n) is 7.40. The quantitative estimate of drug-likeness (QED) is 0.876. The van der Waals surface area contributed by atoms with E-state index in [4.69, 9.17) is 4.74 Å². The van der Waals surface area contributed by atoms with Crippen LogP contribution in [0.5, 0.6) is 5.75 Å². The third-order valence-corrected chi connectivity index (χ3v) is 3.44. The number of aliphatic hydroxyl groups is 1. The van der Waals surface area contributed by atoms with Gasteiger partial charge in [0.15, 0.2) is 0 Å². The summed E-state index contributed by atoms with van der Waals surface area (Å²) >= 11 is 0. The lowest BCUT2D eigenvalue weighted by molar-refractivity contribution is 0.166. The molecule has 0 saturated heterocycles. The average molecular weight is 285 g/mol. The van der Waals surface area contributed by atoms with Crippen LogP contribution in [-0.2, 0) is 6.42 Å². The average Bonchev–Trinajstić information content (AvgIpc) is 2.45.